The van der Waals surface area contributed by atoms with E-state index < -0.39 is 0 Å². The van der Waals surface area contributed by atoms with Gasteiger partial charge in [-0.25, -0.2) is 4.79 Å². The molecule has 0 radical (unpaired) electrons. The molecule has 2 fully saturated rings. The molecule has 0 amide bonds. The van der Waals surface area contributed by atoms with Crippen molar-refractivity contribution in [2.24, 2.45) is 0 Å². The second-order valence-corrected chi connectivity index (χ2v) is 10.3. The van der Waals surface area contributed by atoms with Crippen LogP contribution in [0.3, 0.4) is 0 Å². The van der Waals surface area contributed by atoms with Gasteiger partial charge in [-0.05, 0) is 93.9 Å². The normalized spacial score (nSPS) is 28.5. The van der Waals surface area contributed by atoms with E-state index in [2.05, 4.69) is 55.4 Å². The Balaban J connectivity index is 2.00. The van der Waals surface area contributed by atoms with Crippen molar-refractivity contribution in [3.8, 4) is 0 Å². The Morgan fingerprint density at radius 2 is 1.08 bits per heavy atom. The van der Waals surface area contributed by atoms with E-state index in [1.807, 2.05) is 10.1 Å². The summed E-state index contributed by atoms with van der Waals surface area (Å²) in [5, 5.41) is 3.90. The Bertz CT molecular complexity index is 465. The van der Waals surface area contributed by atoms with Gasteiger partial charge >= 0.3 is 5.97 Å². The first kappa shape index (κ1) is 20.7. The number of piperidine rings is 2. The lowest BCUT2D eigenvalue weighted by molar-refractivity contribution is -0.299. The maximum absolute atomic E-state index is 12.5. The van der Waals surface area contributed by atoms with Crippen LogP contribution in [0.1, 0.15) is 93.9 Å². The second kappa shape index (κ2) is 6.82. The van der Waals surface area contributed by atoms with Gasteiger partial charge < -0.3 is 4.84 Å². The highest BCUT2D eigenvalue weighted by Gasteiger charge is 2.45. The van der Waals surface area contributed by atoms with E-state index in [-0.39, 0.29) is 34.7 Å². The van der Waals surface area contributed by atoms with Gasteiger partial charge in [-0.2, -0.15) is 5.06 Å². The minimum atomic E-state index is -0.319. The fraction of sp³-hybridized carbons (Fsp3) is 0.950. The molecular formula is C20H38N2O3. The van der Waals surface area contributed by atoms with Crippen LogP contribution in [0, 0.1) is 0 Å². The number of rotatable bonds is 4. The summed E-state index contributed by atoms with van der Waals surface area (Å²) < 4.78 is 0. The van der Waals surface area contributed by atoms with Crippen LogP contribution in [-0.4, -0.2) is 44.9 Å². The van der Waals surface area contributed by atoms with Crippen molar-refractivity contribution in [2.75, 3.05) is 6.61 Å². The zero-order chi connectivity index (χ0) is 19.1. The summed E-state index contributed by atoms with van der Waals surface area (Å²) in [6.07, 6.45) is 6.52. The molecule has 0 unspecified atom stereocenters. The van der Waals surface area contributed by atoms with E-state index in [1.54, 1.807) is 0 Å². The van der Waals surface area contributed by atoms with Gasteiger partial charge in [0.2, 0.25) is 0 Å². The Morgan fingerprint density at radius 3 is 1.48 bits per heavy atom. The van der Waals surface area contributed by atoms with Crippen LogP contribution in [-0.2, 0) is 14.5 Å². The topological polar surface area (TPSA) is 42.0 Å². The van der Waals surface area contributed by atoms with E-state index in [1.165, 1.54) is 6.42 Å². The lowest BCUT2D eigenvalue weighted by atomic mass is 9.82. The smallest absolute Gasteiger partial charge is 0.353 e. The summed E-state index contributed by atoms with van der Waals surface area (Å²) in [7, 11) is 0. The van der Waals surface area contributed by atoms with Crippen LogP contribution in [0.4, 0.5) is 0 Å². The molecule has 2 heterocycles. The molecule has 0 atom stereocenters. The molecule has 0 saturated carbocycles. The lowest BCUT2D eigenvalue weighted by Gasteiger charge is -2.51. The molecule has 2 aliphatic heterocycles. The summed E-state index contributed by atoms with van der Waals surface area (Å²) in [6.45, 7) is 17.2. The number of hydroxylamine groups is 4. The first-order valence-electron chi connectivity index (χ1n) is 9.72. The molecule has 0 spiro atoms. The van der Waals surface area contributed by atoms with E-state index in [0.29, 0.717) is 0 Å². The Hall–Kier alpha value is -0.650. The zero-order valence-electron chi connectivity index (χ0n) is 17.6. The maximum atomic E-state index is 12.5. The molecule has 2 aliphatic rings. The van der Waals surface area contributed by atoms with Crippen LogP contribution >= 0.6 is 0 Å². The summed E-state index contributed by atoms with van der Waals surface area (Å²) in [6, 6.07) is 0. The molecule has 25 heavy (non-hydrogen) atoms. The predicted molar refractivity (Wildman–Crippen MR) is 99.7 cm³/mol. The van der Waals surface area contributed by atoms with Crippen molar-refractivity contribution in [3.63, 3.8) is 0 Å². The average molecular weight is 355 g/mol. The molecule has 0 aromatic rings. The van der Waals surface area contributed by atoms with Crippen molar-refractivity contribution in [1.29, 1.82) is 0 Å². The molecule has 5 heteroatoms. The average Bonchev–Trinajstić information content (AvgIpc) is 2.40. The molecule has 146 valence electrons. The summed E-state index contributed by atoms with van der Waals surface area (Å²) in [4.78, 5) is 24.3. The van der Waals surface area contributed by atoms with Gasteiger partial charge in [0.15, 0.2) is 6.61 Å². The third-order valence-electron chi connectivity index (χ3n) is 5.86. The van der Waals surface area contributed by atoms with E-state index in [4.69, 9.17) is 9.68 Å². The van der Waals surface area contributed by atoms with Gasteiger partial charge in [-0.1, -0.05) is 0 Å². The number of hydrogen-bond acceptors (Lipinski definition) is 5. The van der Waals surface area contributed by atoms with Crippen molar-refractivity contribution < 1.29 is 14.5 Å². The number of carbonyl (C=O) groups is 1. The van der Waals surface area contributed by atoms with Crippen LogP contribution < -0.4 is 0 Å². The van der Waals surface area contributed by atoms with E-state index >= 15 is 0 Å². The Morgan fingerprint density at radius 1 is 0.720 bits per heavy atom. The molecule has 0 aromatic heterocycles. The quantitative estimate of drug-likeness (QED) is 0.745. The lowest BCUT2D eigenvalue weighted by Crippen LogP contribution is -2.60. The van der Waals surface area contributed by atoms with Crippen LogP contribution in [0.15, 0.2) is 0 Å². The number of hydrogen-bond donors (Lipinski definition) is 0. The molecule has 2 saturated heterocycles. The molecule has 2 rings (SSSR count). The van der Waals surface area contributed by atoms with E-state index in [9.17, 15) is 4.79 Å². The maximum Gasteiger partial charge on any atom is 0.353 e. The molecular weight excluding hydrogens is 316 g/mol. The standard InChI is InChI=1S/C20H38N2O3/c1-17(2)11-9-12-18(3,4)21(17)24-15-16(23)25-22-19(5,6)13-10-14-20(22,7)8/h9-15H2,1-8H3. The minimum absolute atomic E-state index is 0.0461. The van der Waals surface area contributed by atoms with Gasteiger partial charge in [0, 0.05) is 11.1 Å². The Kier molecular flexibility index (Phi) is 5.64. The largest absolute Gasteiger partial charge is 0.365 e. The second-order valence-electron chi connectivity index (χ2n) is 10.3. The summed E-state index contributed by atoms with van der Waals surface area (Å²) in [5.41, 5.74) is -0.459. The Labute approximate surface area is 153 Å². The monoisotopic (exact) mass is 354 g/mol. The highest BCUT2D eigenvalue weighted by molar-refractivity contribution is 5.70. The first-order valence-corrected chi connectivity index (χ1v) is 9.72. The highest BCUT2D eigenvalue weighted by atomic mass is 16.7. The van der Waals surface area contributed by atoms with Crippen molar-refractivity contribution in [1.82, 2.24) is 10.1 Å². The third kappa shape index (κ3) is 4.55. The van der Waals surface area contributed by atoms with Gasteiger partial charge in [-0.15, -0.1) is 5.06 Å². The van der Waals surface area contributed by atoms with Crippen molar-refractivity contribution >= 4 is 5.97 Å². The molecule has 0 bridgehead atoms. The third-order valence-corrected chi connectivity index (χ3v) is 5.86. The van der Waals surface area contributed by atoms with Gasteiger partial charge in [-0.3, -0.25) is 4.84 Å². The fourth-order valence-electron chi connectivity index (χ4n) is 4.79. The highest BCUT2D eigenvalue weighted by Crippen LogP contribution is 2.39. The predicted octanol–water partition coefficient (Wildman–Crippen LogP) is 4.46. The van der Waals surface area contributed by atoms with Crippen molar-refractivity contribution in [2.45, 2.75) is 116 Å². The number of carbonyl (C=O) groups excluding carboxylic acids is 1. The SMILES string of the molecule is CC1(C)CCCC(C)(C)N1OCC(=O)ON1C(C)(C)CCCC1(C)C. The van der Waals surface area contributed by atoms with Crippen LogP contribution in [0.25, 0.3) is 0 Å². The fourth-order valence-corrected chi connectivity index (χ4v) is 4.79. The summed E-state index contributed by atoms with van der Waals surface area (Å²) >= 11 is 0. The zero-order valence-corrected chi connectivity index (χ0v) is 17.6. The van der Waals surface area contributed by atoms with Crippen LogP contribution in [0.5, 0.6) is 0 Å². The van der Waals surface area contributed by atoms with Crippen LogP contribution in [0.2, 0.25) is 0 Å². The van der Waals surface area contributed by atoms with E-state index in [0.717, 1.165) is 32.1 Å². The minimum Gasteiger partial charge on any atom is -0.365 e. The van der Waals surface area contributed by atoms with Gasteiger partial charge in [0.25, 0.3) is 0 Å². The summed E-state index contributed by atoms with van der Waals surface area (Å²) in [5.74, 6) is -0.319. The van der Waals surface area contributed by atoms with Gasteiger partial charge in [0.05, 0.1) is 11.1 Å². The van der Waals surface area contributed by atoms with Gasteiger partial charge in [0.1, 0.15) is 0 Å². The molecule has 5 nitrogen and oxygen atoms in total. The number of nitrogens with zero attached hydrogens (tertiary/aromatic N) is 2. The molecule has 0 aromatic carbocycles. The first-order chi connectivity index (χ1) is 11.3. The molecule has 0 N–H and O–H groups in total. The molecule has 0 aliphatic carbocycles. The van der Waals surface area contributed by atoms with Crippen molar-refractivity contribution in [3.05, 3.63) is 0 Å².